The lowest BCUT2D eigenvalue weighted by Gasteiger charge is -1.79. The van der Waals surface area contributed by atoms with Crippen molar-refractivity contribution in [2.75, 3.05) is 6.54 Å². The average Bonchev–Trinajstić information content (AvgIpc) is 1.88. The van der Waals surface area contributed by atoms with Gasteiger partial charge < -0.3 is 4.79 Å². The number of rotatable bonds is 3. The highest BCUT2D eigenvalue weighted by Gasteiger charge is 1.64. The number of nitroso groups, excluding NO2 is 1. The van der Waals surface area contributed by atoms with E-state index in [4.69, 9.17) is 9.70 Å². The highest BCUT2D eigenvalue weighted by Crippen LogP contribution is 1.55. The summed E-state index contributed by atoms with van der Waals surface area (Å²) in [5, 5.41) is 2.35. The molecule has 0 unspecified atom stereocenters. The van der Waals surface area contributed by atoms with Crippen LogP contribution in [0.15, 0.2) is 17.9 Å². The standard InChI is InChI=1S/C3H6N2O.CH2O/c1-2-3-4-5-6;1-2/h2H,1,3H2,(H,4,6);1H2. The molecule has 0 spiro atoms. The molecule has 0 saturated heterocycles. The lowest BCUT2D eigenvalue weighted by atomic mass is 10.7. The van der Waals surface area contributed by atoms with Crippen molar-refractivity contribution in [1.29, 1.82) is 0 Å². The molecular weight excluding hydrogens is 108 g/mol. The lowest BCUT2D eigenvalue weighted by Crippen LogP contribution is -2.00. The maximum absolute atomic E-state index is 9.15. The molecule has 0 radical (unpaired) electrons. The summed E-state index contributed by atoms with van der Waals surface area (Å²) >= 11 is 0. The van der Waals surface area contributed by atoms with Gasteiger partial charge in [-0.2, -0.15) is 0 Å². The third-order valence-electron chi connectivity index (χ3n) is 0.300. The van der Waals surface area contributed by atoms with Crippen molar-refractivity contribution in [1.82, 2.24) is 5.43 Å². The van der Waals surface area contributed by atoms with Crippen LogP contribution in [0.25, 0.3) is 0 Å². The molecule has 0 atom stereocenters. The van der Waals surface area contributed by atoms with Gasteiger partial charge >= 0.3 is 0 Å². The van der Waals surface area contributed by atoms with Crippen LogP contribution in [0.4, 0.5) is 0 Å². The van der Waals surface area contributed by atoms with Gasteiger partial charge in [-0.15, -0.1) is 11.5 Å². The van der Waals surface area contributed by atoms with E-state index in [1.807, 2.05) is 6.79 Å². The van der Waals surface area contributed by atoms with Crippen molar-refractivity contribution in [3.8, 4) is 0 Å². The Morgan fingerprint density at radius 2 is 2.12 bits per heavy atom. The number of carbonyl (C=O) groups excluding carboxylic acids is 1. The lowest BCUT2D eigenvalue weighted by molar-refractivity contribution is -0.0979. The molecule has 0 aliphatic rings. The molecule has 4 nitrogen and oxygen atoms in total. The van der Waals surface area contributed by atoms with E-state index in [1.165, 1.54) is 0 Å². The van der Waals surface area contributed by atoms with Crippen LogP contribution in [0, 0.1) is 4.91 Å². The van der Waals surface area contributed by atoms with Crippen molar-refractivity contribution >= 4 is 6.79 Å². The molecule has 1 N–H and O–H groups in total. The third kappa shape index (κ3) is 21.3. The second kappa shape index (κ2) is 17.0. The first kappa shape index (κ1) is 9.94. The average molecular weight is 116 g/mol. The summed E-state index contributed by atoms with van der Waals surface area (Å²) in [6.45, 7) is 5.78. The fourth-order valence-corrected chi connectivity index (χ4v) is 0.102. The maximum Gasteiger partial charge on any atom is 0.106 e. The van der Waals surface area contributed by atoms with E-state index in [1.54, 1.807) is 6.08 Å². The van der Waals surface area contributed by atoms with Crippen LogP contribution >= 0.6 is 0 Å². The first-order valence-electron chi connectivity index (χ1n) is 1.86. The maximum atomic E-state index is 9.15. The van der Waals surface area contributed by atoms with Gasteiger partial charge in [-0.05, 0) is 0 Å². The largest absolute Gasteiger partial charge is 0.307 e. The van der Waals surface area contributed by atoms with Crippen LogP contribution < -0.4 is 5.43 Å². The Labute approximate surface area is 47.5 Å². The Morgan fingerprint density at radius 3 is 2.25 bits per heavy atom. The number of hydrogen-bond donors (Lipinski definition) is 1. The highest BCUT2D eigenvalue weighted by atomic mass is 16.3. The topological polar surface area (TPSA) is 58.5 Å². The molecule has 4 heteroatoms. The van der Waals surface area contributed by atoms with Gasteiger partial charge in [0.05, 0.1) is 6.54 Å². The first-order valence-corrected chi connectivity index (χ1v) is 1.86. The fourth-order valence-electron chi connectivity index (χ4n) is 0.102. The van der Waals surface area contributed by atoms with Crippen molar-refractivity contribution < 1.29 is 4.79 Å². The Kier molecular flexibility index (Phi) is 21.1. The zero-order valence-corrected chi connectivity index (χ0v) is 4.46. The predicted molar refractivity (Wildman–Crippen MR) is 31.1 cm³/mol. The van der Waals surface area contributed by atoms with Gasteiger partial charge in [0.2, 0.25) is 0 Å². The van der Waals surface area contributed by atoms with Crippen LogP contribution in [-0.2, 0) is 4.79 Å². The molecule has 0 aromatic rings. The van der Waals surface area contributed by atoms with Gasteiger partial charge in [0.25, 0.3) is 0 Å². The van der Waals surface area contributed by atoms with E-state index >= 15 is 0 Å². The van der Waals surface area contributed by atoms with Gasteiger partial charge in [0, 0.05) is 5.29 Å². The minimum Gasteiger partial charge on any atom is -0.307 e. The number of hydrogen-bond acceptors (Lipinski definition) is 3. The Hall–Kier alpha value is -1.19. The molecule has 0 fully saturated rings. The Balaban J connectivity index is 0. The predicted octanol–water partition coefficient (Wildman–Crippen LogP) is 0.259. The van der Waals surface area contributed by atoms with E-state index in [0.29, 0.717) is 6.54 Å². The molecule has 0 aliphatic heterocycles. The second-order valence-electron chi connectivity index (χ2n) is 0.742. The van der Waals surface area contributed by atoms with Gasteiger partial charge in [-0.1, -0.05) is 6.08 Å². The van der Waals surface area contributed by atoms with Crippen molar-refractivity contribution in [3.63, 3.8) is 0 Å². The number of nitrogens with one attached hydrogen (secondary N) is 1. The SMILES string of the molecule is C=CCNN=O.C=O. The van der Waals surface area contributed by atoms with Gasteiger partial charge in [0.1, 0.15) is 6.79 Å². The summed E-state index contributed by atoms with van der Waals surface area (Å²) in [4.78, 5) is 17.2. The molecule has 0 rings (SSSR count). The number of carbonyl (C=O) groups is 1. The van der Waals surface area contributed by atoms with Crippen LogP contribution in [0.5, 0.6) is 0 Å². The van der Waals surface area contributed by atoms with E-state index in [0.717, 1.165) is 0 Å². The van der Waals surface area contributed by atoms with Crippen molar-refractivity contribution in [3.05, 3.63) is 17.6 Å². The number of nitrogens with zero attached hydrogens (tertiary/aromatic N) is 1. The van der Waals surface area contributed by atoms with Crippen LogP contribution in [0.3, 0.4) is 0 Å². The van der Waals surface area contributed by atoms with Crippen LogP contribution in [0.2, 0.25) is 0 Å². The second-order valence-corrected chi connectivity index (χ2v) is 0.742. The quantitative estimate of drug-likeness (QED) is 0.249. The molecule has 0 heterocycles. The first-order chi connectivity index (χ1) is 3.91. The minimum atomic E-state index is 0.448. The van der Waals surface area contributed by atoms with E-state index in [9.17, 15) is 0 Å². The summed E-state index contributed by atoms with van der Waals surface area (Å²) in [7, 11) is 0. The summed E-state index contributed by atoms with van der Waals surface area (Å²) in [6, 6.07) is 0. The van der Waals surface area contributed by atoms with Gasteiger partial charge in [-0.25, -0.2) is 0 Å². The monoisotopic (exact) mass is 116 g/mol. The molecule has 0 aliphatic carbocycles. The highest BCUT2D eigenvalue weighted by molar-refractivity contribution is 5.10. The van der Waals surface area contributed by atoms with Gasteiger partial charge in [-0.3, -0.25) is 5.43 Å². The van der Waals surface area contributed by atoms with E-state index in [2.05, 4.69) is 17.3 Å². The van der Waals surface area contributed by atoms with Crippen LogP contribution in [0.1, 0.15) is 0 Å². The fraction of sp³-hybridized carbons (Fsp3) is 0.250. The smallest absolute Gasteiger partial charge is 0.106 e. The molecule has 0 aromatic heterocycles. The van der Waals surface area contributed by atoms with Gasteiger partial charge in [0.15, 0.2) is 0 Å². The summed E-state index contributed by atoms with van der Waals surface area (Å²) in [5.74, 6) is 0. The van der Waals surface area contributed by atoms with Crippen molar-refractivity contribution in [2.45, 2.75) is 0 Å². The molecule has 0 aromatic carbocycles. The zero-order valence-electron chi connectivity index (χ0n) is 4.46. The molecule has 0 saturated carbocycles. The van der Waals surface area contributed by atoms with Crippen LogP contribution in [-0.4, -0.2) is 13.3 Å². The Bertz CT molecular complexity index is 57.1. The summed E-state index contributed by atoms with van der Waals surface area (Å²) in [5.41, 5.74) is 2.15. The Morgan fingerprint density at radius 1 is 1.62 bits per heavy atom. The normalized spacial score (nSPS) is 5.50. The van der Waals surface area contributed by atoms with E-state index < -0.39 is 0 Å². The molecule has 46 valence electrons. The molecule has 8 heavy (non-hydrogen) atoms. The zero-order chi connectivity index (χ0) is 6.83. The minimum absolute atomic E-state index is 0.448. The summed E-state index contributed by atoms with van der Waals surface area (Å²) in [6.07, 6.45) is 1.56. The summed E-state index contributed by atoms with van der Waals surface area (Å²) < 4.78 is 0. The van der Waals surface area contributed by atoms with E-state index in [-0.39, 0.29) is 0 Å². The molecular formula is C4H8N2O2. The van der Waals surface area contributed by atoms with Crippen molar-refractivity contribution in [2.24, 2.45) is 5.29 Å². The molecule has 0 amide bonds. The third-order valence-corrected chi connectivity index (χ3v) is 0.300. The molecule has 0 bridgehead atoms.